The summed E-state index contributed by atoms with van der Waals surface area (Å²) < 4.78 is 5.53. The first-order valence-corrected chi connectivity index (χ1v) is 11.6. The quantitative estimate of drug-likeness (QED) is 0.630. The molecule has 2 N–H and O–H groups in total. The van der Waals surface area contributed by atoms with E-state index in [1.165, 1.54) is 11.9 Å². The molecule has 35 heavy (non-hydrogen) atoms. The van der Waals surface area contributed by atoms with Gasteiger partial charge in [-0.2, -0.15) is 0 Å². The number of hydrogen-bond acceptors (Lipinski definition) is 5. The lowest BCUT2D eigenvalue weighted by molar-refractivity contribution is -0.158. The number of amides is 3. The Labute approximate surface area is 203 Å². The van der Waals surface area contributed by atoms with Crippen LogP contribution >= 0.6 is 0 Å². The molecule has 1 aliphatic carbocycles. The van der Waals surface area contributed by atoms with Crippen LogP contribution in [0.4, 0.5) is 4.79 Å². The van der Waals surface area contributed by atoms with Crippen LogP contribution in [0.2, 0.25) is 0 Å². The van der Waals surface area contributed by atoms with Crippen LogP contribution in [-0.2, 0) is 19.1 Å². The van der Waals surface area contributed by atoms with Crippen molar-refractivity contribution in [2.75, 3.05) is 26.7 Å². The highest BCUT2D eigenvalue weighted by molar-refractivity contribution is 5.91. The Morgan fingerprint density at radius 2 is 1.69 bits per heavy atom. The molecule has 9 heteroatoms. The average molecular weight is 480 g/mol. The molecule has 0 spiro atoms. The van der Waals surface area contributed by atoms with Gasteiger partial charge in [0, 0.05) is 25.4 Å². The van der Waals surface area contributed by atoms with Gasteiger partial charge in [-0.3, -0.25) is 9.59 Å². The maximum absolute atomic E-state index is 12.6. The van der Waals surface area contributed by atoms with E-state index in [2.05, 4.69) is 17.4 Å². The SMILES string of the molecule is CC(CCC(=O)N1CC(=O)N(C)CC1C(=O)O)NC(=O)OCC1c2ccccc2-c2ccccc21. The van der Waals surface area contributed by atoms with Crippen molar-refractivity contribution in [3.8, 4) is 11.1 Å². The second-order valence-corrected chi connectivity index (χ2v) is 9.06. The molecule has 2 unspecified atom stereocenters. The van der Waals surface area contributed by atoms with E-state index in [0.29, 0.717) is 0 Å². The Kier molecular flexibility index (Phi) is 7.04. The van der Waals surface area contributed by atoms with E-state index in [0.717, 1.165) is 27.2 Å². The van der Waals surface area contributed by atoms with Crippen molar-refractivity contribution in [3.63, 3.8) is 0 Å². The Hall–Kier alpha value is -3.88. The molecule has 2 atom stereocenters. The van der Waals surface area contributed by atoms with Crippen LogP contribution in [0.15, 0.2) is 48.5 Å². The Morgan fingerprint density at radius 1 is 1.09 bits per heavy atom. The van der Waals surface area contributed by atoms with Crippen LogP contribution in [0.5, 0.6) is 0 Å². The minimum atomic E-state index is -1.15. The molecule has 1 fully saturated rings. The molecular weight excluding hydrogens is 450 g/mol. The first-order chi connectivity index (χ1) is 16.8. The zero-order chi connectivity index (χ0) is 25.1. The summed E-state index contributed by atoms with van der Waals surface area (Å²) in [4.78, 5) is 51.0. The number of carbonyl (C=O) groups excluding carboxylic acids is 3. The van der Waals surface area contributed by atoms with E-state index in [9.17, 15) is 24.3 Å². The van der Waals surface area contributed by atoms with E-state index in [1.807, 2.05) is 36.4 Å². The highest BCUT2D eigenvalue weighted by Gasteiger charge is 2.37. The number of alkyl carbamates (subject to hydrolysis) is 1. The van der Waals surface area contributed by atoms with E-state index < -0.39 is 24.0 Å². The minimum absolute atomic E-state index is 0.00555. The molecule has 1 saturated heterocycles. The molecule has 0 radical (unpaired) electrons. The number of carboxylic acid groups (broad SMARTS) is 1. The van der Waals surface area contributed by atoms with E-state index in [1.54, 1.807) is 6.92 Å². The van der Waals surface area contributed by atoms with Crippen LogP contribution in [-0.4, -0.2) is 77.6 Å². The summed E-state index contributed by atoms with van der Waals surface area (Å²) in [6.45, 7) is 1.63. The van der Waals surface area contributed by atoms with Crippen molar-refractivity contribution < 1.29 is 29.0 Å². The molecule has 1 heterocycles. The number of rotatable bonds is 7. The van der Waals surface area contributed by atoms with Gasteiger partial charge in [-0.1, -0.05) is 48.5 Å². The highest BCUT2D eigenvalue weighted by Crippen LogP contribution is 2.44. The van der Waals surface area contributed by atoms with Crippen LogP contribution in [0.3, 0.4) is 0 Å². The molecular formula is C26H29N3O6. The van der Waals surface area contributed by atoms with Gasteiger partial charge in [0.05, 0.1) is 6.54 Å². The first kappa shape index (κ1) is 24.3. The smallest absolute Gasteiger partial charge is 0.407 e. The summed E-state index contributed by atoms with van der Waals surface area (Å²) in [5.41, 5.74) is 4.53. The molecule has 4 rings (SSSR count). The molecule has 3 amide bonds. The third-order valence-corrected chi connectivity index (χ3v) is 6.66. The van der Waals surface area contributed by atoms with Gasteiger partial charge in [-0.15, -0.1) is 0 Å². The maximum Gasteiger partial charge on any atom is 0.407 e. The lowest BCUT2D eigenvalue weighted by Crippen LogP contribution is -2.59. The predicted octanol–water partition coefficient (Wildman–Crippen LogP) is 2.45. The van der Waals surface area contributed by atoms with Gasteiger partial charge < -0.3 is 25.0 Å². The summed E-state index contributed by atoms with van der Waals surface area (Å²) in [5.74, 6) is -1.93. The Bertz CT molecular complexity index is 1100. The normalized spacial score (nSPS) is 18.0. The number of likely N-dealkylation sites (N-methyl/N-ethyl adjacent to an activating group) is 1. The fourth-order valence-corrected chi connectivity index (χ4v) is 4.71. The summed E-state index contributed by atoms with van der Waals surface area (Å²) in [5, 5.41) is 12.2. The van der Waals surface area contributed by atoms with Crippen molar-refractivity contribution in [1.82, 2.24) is 15.1 Å². The van der Waals surface area contributed by atoms with Gasteiger partial charge in [-0.25, -0.2) is 9.59 Å². The Balaban J connectivity index is 1.28. The minimum Gasteiger partial charge on any atom is -0.480 e. The number of ether oxygens (including phenoxy) is 1. The number of aliphatic carboxylic acids is 1. The van der Waals surface area contributed by atoms with Crippen molar-refractivity contribution in [2.24, 2.45) is 0 Å². The number of benzene rings is 2. The second-order valence-electron chi connectivity index (χ2n) is 9.06. The standard InChI is InChI=1S/C26H29N3O6/c1-16(11-12-23(30)29-14-24(31)28(2)13-22(29)25(32)33)27-26(34)35-15-21-19-9-5-3-7-17(19)18-8-4-6-10-20(18)21/h3-10,16,21-22H,11-15H2,1-2H3,(H,27,34)(H,32,33). The van der Waals surface area contributed by atoms with Gasteiger partial charge in [0.25, 0.3) is 0 Å². The number of piperazine rings is 1. The fourth-order valence-electron chi connectivity index (χ4n) is 4.71. The van der Waals surface area contributed by atoms with Crippen molar-refractivity contribution in [1.29, 1.82) is 0 Å². The molecule has 0 saturated carbocycles. The third kappa shape index (κ3) is 5.13. The van der Waals surface area contributed by atoms with Gasteiger partial charge in [0.2, 0.25) is 11.8 Å². The topological polar surface area (TPSA) is 116 Å². The molecule has 2 aliphatic rings. The van der Waals surface area contributed by atoms with Gasteiger partial charge >= 0.3 is 12.1 Å². The molecule has 184 valence electrons. The van der Waals surface area contributed by atoms with E-state index >= 15 is 0 Å². The monoisotopic (exact) mass is 479 g/mol. The van der Waals surface area contributed by atoms with Crippen molar-refractivity contribution in [3.05, 3.63) is 59.7 Å². The molecule has 9 nitrogen and oxygen atoms in total. The van der Waals surface area contributed by atoms with Crippen molar-refractivity contribution >= 4 is 23.9 Å². The number of carboxylic acids is 1. The highest BCUT2D eigenvalue weighted by atomic mass is 16.5. The summed E-state index contributed by atoms with van der Waals surface area (Å²) >= 11 is 0. The lowest BCUT2D eigenvalue weighted by Gasteiger charge is -2.37. The van der Waals surface area contributed by atoms with Gasteiger partial charge in [0.1, 0.15) is 19.2 Å². The van der Waals surface area contributed by atoms with E-state index in [4.69, 9.17) is 4.74 Å². The Morgan fingerprint density at radius 3 is 2.29 bits per heavy atom. The molecule has 2 aromatic rings. The van der Waals surface area contributed by atoms with Crippen LogP contribution < -0.4 is 5.32 Å². The number of nitrogens with one attached hydrogen (secondary N) is 1. The van der Waals surface area contributed by atoms with Gasteiger partial charge in [0.15, 0.2) is 0 Å². The van der Waals surface area contributed by atoms with Crippen LogP contribution in [0.25, 0.3) is 11.1 Å². The molecule has 0 bridgehead atoms. The second kappa shape index (κ2) is 10.2. The number of fused-ring (bicyclic) bond motifs is 3. The zero-order valence-corrected chi connectivity index (χ0v) is 19.8. The van der Waals surface area contributed by atoms with E-state index in [-0.39, 0.29) is 50.4 Å². The lowest BCUT2D eigenvalue weighted by atomic mass is 9.98. The molecule has 2 aromatic carbocycles. The summed E-state index contributed by atoms with van der Waals surface area (Å²) in [7, 11) is 1.51. The summed E-state index contributed by atoms with van der Waals surface area (Å²) in [6, 6.07) is 14.7. The molecule has 1 aliphatic heterocycles. The third-order valence-electron chi connectivity index (χ3n) is 6.66. The average Bonchev–Trinajstić information content (AvgIpc) is 3.16. The zero-order valence-electron chi connectivity index (χ0n) is 19.8. The molecule has 0 aromatic heterocycles. The van der Waals surface area contributed by atoms with Crippen LogP contribution in [0.1, 0.15) is 36.8 Å². The van der Waals surface area contributed by atoms with Crippen LogP contribution in [0, 0.1) is 0 Å². The largest absolute Gasteiger partial charge is 0.480 e. The predicted molar refractivity (Wildman–Crippen MR) is 128 cm³/mol. The number of carbonyl (C=O) groups is 4. The number of nitrogens with zero attached hydrogens (tertiary/aromatic N) is 2. The van der Waals surface area contributed by atoms with Crippen molar-refractivity contribution in [2.45, 2.75) is 37.8 Å². The first-order valence-electron chi connectivity index (χ1n) is 11.6. The maximum atomic E-state index is 12.6. The fraction of sp³-hybridized carbons (Fsp3) is 0.385. The number of hydrogen-bond donors (Lipinski definition) is 2. The summed E-state index contributed by atoms with van der Waals surface area (Å²) in [6.07, 6.45) is -0.286. The van der Waals surface area contributed by atoms with Gasteiger partial charge in [-0.05, 0) is 35.6 Å².